The third-order valence-corrected chi connectivity index (χ3v) is 15.5. The molecule has 1 saturated carbocycles. The van der Waals surface area contributed by atoms with Gasteiger partial charge in [-0.2, -0.15) is 0 Å². The minimum Gasteiger partial charge on any atom is -0.453 e. The van der Waals surface area contributed by atoms with Crippen LogP contribution in [0.15, 0.2) is 66.1 Å². The summed E-state index contributed by atoms with van der Waals surface area (Å²) in [5.41, 5.74) is 0.0104. The summed E-state index contributed by atoms with van der Waals surface area (Å²) in [5.74, 6) is -0.164. The highest BCUT2D eigenvalue weighted by atomic mass is 32.2. The van der Waals surface area contributed by atoms with E-state index < -0.39 is 26.8 Å². The van der Waals surface area contributed by atoms with Crippen molar-refractivity contribution in [2.24, 2.45) is 11.8 Å². The lowest BCUT2D eigenvalue weighted by molar-refractivity contribution is -0.125. The molecule has 4 heterocycles. The van der Waals surface area contributed by atoms with Crippen LogP contribution >= 0.6 is 0 Å². The fourth-order valence-corrected chi connectivity index (χ4v) is 12.1. The zero-order valence-electron chi connectivity index (χ0n) is 32.1. The number of nitrogens with one attached hydrogen (secondary N) is 1. The first-order valence-corrected chi connectivity index (χ1v) is 21.7. The quantitative estimate of drug-likeness (QED) is 0.279. The first-order chi connectivity index (χ1) is 26.4. The number of alkyl halides is 1. The van der Waals surface area contributed by atoms with Crippen molar-refractivity contribution >= 4 is 27.5 Å². The van der Waals surface area contributed by atoms with Crippen molar-refractivity contribution in [2.45, 2.75) is 85.1 Å². The monoisotopic (exact) mass is 781 g/mol. The van der Waals surface area contributed by atoms with Crippen molar-refractivity contribution in [3.8, 4) is 0 Å². The van der Waals surface area contributed by atoms with E-state index in [1.54, 1.807) is 35.2 Å². The van der Waals surface area contributed by atoms with Crippen LogP contribution < -0.4 is 10.2 Å². The summed E-state index contributed by atoms with van der Waals surface area (Å²) in [4.78, 5) is 33.2. The number of ether oxygens (including phenoxy) is 1. The van der Waals surface area contributed by atoms with E-state index in [4.69, 9.17) is 4.74 Å². The van der Waals surface area contributed by atoms with Crippen LogP contribution in [0.25, 0.3) is 0 Å². The summed E-state index contributed by atoms with van der Waals surface area (Å²) in [6.45, 7) is 9.30. The molecule has 55 heavy (non-hydrogen) atoms. The van der Waals surface area contributed by atoms with Gasteiger partial charge in [0.25, 0.3) is 0 Å². The Morgan fingerprint density at radius 3 is 2.35 bits per heavy atom. The fourth-order valence-electron chi connectivity index (χ4n) is 10.4. The van der Waals surface area contributed by atoms with Crippen LogP contribution in [0, 0.1) is 17.7 Å². The number of methoxy groups -OCH3 is 1. The number of amides is 2. The van der Waals surface area contributed by atoms with Crippen LogP contribution in [-0.4, -0.2) is 125 Å². The Kier molecular flexibility index (Phi) is 11.9. The van der Waals surface area contributed by atoms with Crippen molar-refractivity contribution in [3.63, 3.8) is 0 Å². The smallest absolute Gasteiger partial charge is 0.407 e. The summed E-state index contributed by atoms with van der Waals surface area (Å²) in [6, 6.07) is 13.8. The molecule has 1 N–H and O–H groups in total. The summed E-state index contributed by atoms with van der Waals surface area (Å²) in [5, 5.41) is 2.46. The number of carbonyl (C=O) groups is 2. The van der Waals surface area contributed by atoms with E-state index in [0.29, 0.717) is 19.5 Å². The second-order valence-electron chi connectivity index (χ2n) is 16.7. The summed E-state index contributed by atoms with van der Waals surface area (Å²) >= 11 is 0. The Balaban J connectivity index is 1.00. The van der Waals surface area contributed by atoms with Gasteiger partial charge < -0.3 is 24.8 Å². The Bertz CT molecular complexity index is 1800. The van der Waals surface area contributed by atoms with Gasteiger partial charge in [-0.15, -0.1) is 0 Å². The van der Waals surface area contributed by atoms with Gasteiger partial charge >= 0.3 is 6.09 Å². The average molecular weight is 782 g/mol. The van der Waals surface area contributed by atoms with Gasteiger partial charge in [-0.05, 0) is 131 Å². The van der Waals surface area contributed by atoms with E-state index in [-0.39, 0.29) is 59.5 Å². The highest BCUT2D eigenvalue weighted by Crippen LogP contribution is 2.51. The maximum atomic E-state index is 16.3. The molecule has 1 aliphatic carbocycles. The molecule has 2 aromatic rings. The second-order valence-corrected chi connectivity index (χ2v) is 18.9. The lowest BCUT2D eigenvalue weighted by atomic mass is 9.57. The van der Waals surface area contributed by atoms with E-state index >= 15 is 8.78 Å². The maximum Gasteiger partial charge on any atom is 0.407 e. The van der Waals surface area contributed by atoms with Gasteiger partial charge in [0, 0.05) is 43.3 Å². The van der Waals surface area contributed by atoms with Gasteiger partial charge in [0.1, 0.15) is 5.82 Å². The SMILES string of the molecule is C=CC(=O)N1CCCC[C@@H](S(=O)(=O)c2ccc(N3CC(F)(CN4CCC([C@@](CN5CCC5)(c5cccc(F)c5)[C@H]5CCC[C@@H]5NC(=O)OC)CC4)C3)cc2)C1. The highest BCUT2D eigenvalue weighted by molar-refractivity contribution is 7.92. The van der Waals surface area contributed by atoms with E-state index in [1.165, 1.54) is 19.3 Å². The van der Waals surface area contributed by atoms with Gasteiger partial charge in [-0.25, -0.2) is 22.0 Å². The lowest BCUT2D eigenvalue weighted by Crippen LogP contribution is -2.65. The van der Waals surface area contributed by atoms with Crippen molar-refractivity contribution in [1.82, 2.24) is 20.0 Å². The number of likely N-dealkylation sites (tertiary alicyclic amines) is 3. The highest BCUT2D eigenvalue weighted by Gasteiger charge is 2.54. The van der Waals surface area contributed by atoms with E-state index in [0.717, 1.165) is 95.3 Å². The predicted molar refractivity (Wildman–Crippen MR) is 209 cm³/mol. The number of halogens is 2. The van der Waals surface area contributed by atoms with Crippen LogP contribution in [0.1, 0.15) is 63.4 Å². The summed E-state index contributed by atoms with van der Waals surface area (Å²) < 4.78 is 63.5. The molecule has 0 spiro atoms. The molecule has 10 nitrogen and oxygen atoms in total. The normalized spacial score (nSPS) is 26.3. The fraction of sp³-hybridized carbons (Fsp3) is 0.619. The van der Waals surface area contributed by atoms with Crippen molar-refractivity contribution in [2.75, 3.05) is 77.5 Å². The summed E-state index contributed by atoms with van der Waals surface area (Å²) in [7, 11) is -2.27. The van der Waals surface area contributed by atoms with Crippen LogP contribution in [0.4, 0.5) is 19.3 Å². The number of alkyl carbamates (subject to hydrolysis) is 1. The molecular weight excluding hydrogens is 725 g/mol. The third-order valence-electron chi connectivity index (χ3n) is 13.3. The number of anilines is 1. The average Bonchev–Trinajstić information content (AvgIpc) is 3.46. The number of carbonyl (C=O) groups excluding carboxylic acids is 2. The molecule has 13 heteroatoms. The molecule has 0 bridgehead atoms. The van der Waals surface area contributed by atoms with Crippen molar-refractivity contribution in [3.05, 3.63) is 72.6 Å². The maximum absolute atomic E-state index is 16.3. The van der Waals surface area contributed by atoms with Gasteiger partial charge in [0.15, 0.2) is 15.5 Å². The number of piperidine rings is 1. The molecule has 0 radical (unpaired) electrons. The molecule has 5 aliphatic rings. The molecule has 0 aromatic heterocycles. The Morgan fingerprint density at radius 2 is 1.69 bits per heavy atom. The molecule has 4 atom stereocenters. The van der Waals surface area contributed by atoms with Gasteiger partial charge in [0.2, 0.25) is 5.91 Å². The zero-order chi connectivity index (χ0) is 38.8. The lowest BCUT2D eigenvalue weighted by Gasteiger charge is -2.54. The molecule has 2 aromatic carbocycles. The third kappa shape index (κ3) is 8.30. The minimum absolute atomic E-state index is 0.0746. The molecule has 0 unspecified atom stereocenters. The number of nitrogens with zero attached hydrogens (tertiary/aromatic N) is 4. The molecule has 2 amide bonds. The van der Waals surface area contributed by atoms with Crippen molar-refractivity contribution in [1.29, 1.82) is 0 Å². The Hall–Kier alpha value is -3.55. The Morgan fingerprint density at radius 1 is 0.945 bits per heavy atom. The number of hydrogen-bond donors (Lipinski definition) is 1. The van der Waals surface area contributed by atoms with Gasteiger partial charge in [-0.3, -0.25) is 9.69 Å². The number of sulfone groups is 1. The molecular formula is C42H57F2N5O5S. The number of benzene rings is 2. The topological polar surface area (TPSA) is 103 Å². The standard InChI is InChI=1S/C42H57F2N5O5S/c1-3-39(50)48-22-5-4-11-36(26-48)55(52,53)35-16-14-34(15-17-35)49-28-41(44,29-49)27-47-23-18-31(19-24-47)42(30-46-20-8-21-46,32-9-6-10-33(43)25-32)37-12-7-13-38(37)45-40(51)54-2/h3,6,9-10,14-17,25,31,36-38H,1,4-5,7-8,11-13,18-24,26-30H2,2H3,(H,45,51)/t36-,37+,38+,42+/m1/s1. The second kappa shape index (κ2) is 16.5. The van der Waals surface area contributed by atoms with Crippen LogP contribution in [0.3, 0.4) is 0 Å². The van der Waals surface area contributed by atoms with E-state index in [1.807, 2.05) is 11.0 Å². The molecule has 5 fully saturated rings. The van der Waals surface area contributed by atoms with Crippen LogP contribution in [-0.2, 0) is 24.8 Å². The first-order valence-electron chi connectivity index (χ1n) is 20.2. The molecule has 4 saturated heterocycles. The van der Waals surface area contributed by atoms with Gasteiger partial charge in [-0.1, -0.05) is 31.6 Å². The van der Waals surface area contributed by atoms with Crippen molar-refractivity contribution < 1.29 is 31.5 Å². The largest absolute Gasteiger partial charge is 0.453 e. The minimum atomic E-state index is -3.66. The molecule has 300 valence electrons. The molecule has 7 rings (SSSR count). The van der Waals surface area contributed by atoms with E-state index in [9.17, 15) is 18.0 Å². The number of hydrogen-bond acceptors (Lipinski definition) is 8. The Labute approximate surface area is 325 Å². The first kappa shape index (κ1) is 39.7. The predicted octanol–water partition coefficient (Wildman–Crippen LogP) is 5.58. The molecule has 4 aliphatic heterocycles. The summed E-state index contributed by atoms with van der Waals surface area (Å²) in [6.07, 6.45) is 8.40. The van der Waals surface area contributed by atoms with Crippen LogP contribution in [0.5, 0.6) is 0 Å². The van der Waals surface area contributed by atoms with Gasteiger partial charge in [0.05, 0.1) is 30.3 Å². The zero-order valence-corrected chi connectivity index (χ0v) is 33.0. The number of rotatable bonds is 12. The van der Waals surface area contributed by atoms with E-state index in [2.05, 4.69) is 27.8 Å². The van der Waals surface area contributed by atoms with Crippen LogP contribution in [0.2, 0.25) is 0 Å².